The van der Waals surface area contributed by atoms with E-state index >= 15 is 0 Å². The zero-order valence-corrected chi connectivity index (χ0v) is 18.1. The summed E-state index contributed by atoms with van der Waals surface area (Å²) in [4.78, 5) is 0. The fourth-order valence-electron chi connectivity index (χ4n) is 8.01. The fraction of sp³-hybridized carbons (Fsp3) is 0.920. The van der Waals surface area contributed by atoms with E-state index < -0.39 is 5.60 Å². The van der Waals surface area contributed by atoms with Gasteiger partial charge in [0.25, 0.3) is 0 Å². The van der Waals surface area contributed by atoms with Gasteiger partial charge in [-0.2, -0.15) is 0 Å². The van der Waals surface area contributed by atoms with Crippen LogP contribution in [0, 0.1) is 40.9 Å². The molecule has 0 amide bonds. The molecule has 0 aromatic heterocycles. The van der Waals surface area contributed by atoms with Crippen molar-refractivity contribution in [3.8, 4) is 0 Å². The van der Waals surface area contributed by atoms with Crippen LogP contribution in [0.15, 0.2) is 11.6 Å². The maximum absolute atomic E-state index is 10.2. The van der Waals surface area contributed by atoms with E-state index in [9.17, 15) is 10.2 Å². The largest absolute Gasteiger partial charge is 0.393 e. The van der Waals surface area contributed by atoms with E-state index in [1.807, 2.05) is 13.8 Å². The van der Waals surface area contributed by atoms with Crippen molar-refractivity contribution in [2.45, 2.75) is 104 Å². The number of allylic oxidation sites excluding steroid dienone is 1. The SMILES string of the molecule is C[C@H](CCC(C)(C)O)[C@H]1CCC2C3CC=C4C[C@@H](O)CC[C@@H]4C3CC[C@@]21C. The molecule has 2 heteroatoms. The second kappa shape index (κ2) is 7.17. The quantitative estimate of drug-likeness (QED) is 0.618. The molecule has 27 heavy (non-hydrogen) atoms. The van der Waals surface area contributed by atoms with Gasteiger partial charge in [0.05, 0.1) is 11.7 Å². The summed E-state index contributed by atoms with van der Waals surface area (Å²) in [7, 11) is 0. The molecule has 4 rings (SSSR count). The molecule has 0 spiro atoms. The highest BCUT2D eigenvalue weighted by molar-refractivity contribution is 5.20. The third-order valence-corrected chi connectivity index (χ3v) is 9.39. The minimum Gasteiger partial charge on any atom is -0.393 e. The van der Waals surface area contributed by atoms with E-state index in [4.69, 9.17) is 0 Å². The molecule has 4 aliphatic rings. The summed E-state index contributed by atoms with van der Waals surface area (Å²) < 4.78 is 0. The first-order chi connectivity index (χ1) is 12.7. The van der Waals surface area contributed by atoms with Crippen LogP contribution in [0.25, 0.3) is 0 Å². The molecule has 0 aliphatic heterocycles. The van der Waals surface area contributed by atoms with Gasteiger partial charge in [0.2, 0.25) is 0 Å². The van der Waals surface area contributed by atoms with E-state index in [1.54, 1.807) is 5.57 Å². The predicted molar refractivity (Wildman–Crippen MR) is 111 cm³/mol. The Balaban J connectivity index is 1.48. The second-order valence-electron chi connectivity index (χ2n) is 11.5. The zero-order valence-electron chi connectivity index (χ0n) is 18.1. The number of hydrogen-bond donors (Lipinski definition) is 2. The standard InChI is InChI=1S/C25H42O2/c1-16(11-13-24(2,3)27)22-9-10-23-21-7-5-17-15-18(26)6-8-19(17)20(21)12-14-25(22,23)4/h5,16,18-23,26-27H,6-15H2,1-4H3/t16-,18+,19+,20?,21?,22-,23?,25-/m1/s1. The highest BCUT2D eigenvalue weighted by Crippen LogP contribution is 2.64. The zero-order chi connectivity index (χ0) is 19.4. The van der Waals surface area contributed by atoms with Gasteiger partial charge in [-0.05, 0) is 119 Å². The monoisotopic (exact) mass is 374 g/mol. The van der Waals surface area contributed by atoms with Crippen molar-refractivity contribution in [2.75, 3.05) is 0 Å². The lowest BCUT2D eigenvalue weighted by molar-refractivity contribution is -0.0319. The Hall–Kier alpha value is -0.340. The lowest BCUT2D eigenvalue weighted by atomic mass is 9.51. The average Bonchev–Trinajstić information content (AvgIpc) is 2.96. The predicted octanol–water partition coefficient (Wildman–Crippen LogP) is 5.72. The van der Waals surface area contributed by atoms with Gasteiger partial charge < -0.3 is 10.2 Å². The van der Waals surface area contributed by atoms with Crippen LogP contribution < -0.4 is 0 Å². The van der Waals surface area contributed by atoms with Crippen LogP contribution in [0.1, 0.15) is 91.9 Å². The Labute approximate surface area is 166 Å². The summed E-state index contributed by atoms with van der Waals surface area (Å²) in [6, 6.07) is 0. The number of hydrogen-bond acceptors (Lipinski definition) is 2. The Morgan fingerprint density at radius 3 is 2.67 bits per heavy atom. The van der Waals surface area contributed by atoms with Crippen molar-refractivity contribution in [1.82, 2.24) is 0 Å². The first kappa shape index (κ1) is 20.0. The molecule has 3 fully saturated rings. The van der Waals surface area contributed by atoms with Gasteiger partial charge in [-0.15, -0.1) is 0 Å². The topological polar surface area (TPSA) is 40.5 Å². The van der Waals surface area contributed by atoms with Crippen LogP contribution >= 0.6 is 0 Å². The van der Waals surface area contributed by atoms with E-state index in [-0.39, 0.29) is 6.10 Å². The molecule has 8 atom stereocenters. The molecule has 2 nitrogen and oxygen atoms in total. The van der Waals surface area contributed by atoms with E-state index in [0.29, 0.717) is 5.41 Å². The van der Waals surface area contributed by atoms with Crippen LogP contribution in [0.5, 0.6) is 0 Å². The molecule has 3 unspecified atom stereocenters. The highest BCUT2D eigenvalue weighted by atomic mass is 16.3. The van der Waals surface area contributed by atoms with Gasteiger partial charge in [-0.1, -0.05) is 25.5 Å². The summed E-state index contributed by atoms with van der Waals surface area (Å²) in [6.07, 6.45) is 14.7. The number of fused-ring (bicyclic) bond motifs is 5. The first-order valence-electron chi connectivity index (χ1n) is 11.8. The van der Waals surface area contributed by atoms with Crippen molar-refractivity contribution < 1.29 is 10.2 Å². The maximum Gasteiger partial charge on any atom is 0.0591 e. The van der Waals surface area contributed by atoms with Crippen LogP contribution in [0.2, 0.25) is 0 Å². The molecule has 0 bridgehead atoms. The Morgan fingerprint density at radius 1 is 1.15 bits per heavy atom. The molecular weight excluding hydrogens is 332 g/mol. The van der Waals surface area contributed by atoms with Gasteiger partial charge in [-0.3, -0.25) is 0 Å². The van der Waals surface area contributed by atoms with Gasteiger partial charge in [0, 0.05) is 0 Å². The minimum absolute atomic E-state index is 0.0783. The van der Waals surface area contributed by atoms with Gasteiger partial charge in [0.15, 0.2) is 0 Å². The summed E-state index contributed by atoms with van der Waals surface area (Å²) in [5, 5.41) is 20.2. The summed E-state index contributed by atoms with van der Waals surface area (Å²) in [6.45, 7) is 8.99. The Kier molecular flexibility index (Phi) is 5.30. The Morgan fingerprint density at radius 2 is 1.93 bits per heavy atom. The van der Waals surface area contributed by atoms with Crippen molar-refractivity contribution in [3.63, 3.8) is 0 Å². The smallest absolute Gasteiger partial charge is 0.0591 e. The molecule has 154 valence electrons. The summed E-state index contributed by atoms with van der Waals surface area (Å²) in [5.74, 6) is 5.02. The first-order valence-corrected chi connectivity index (χ1v) is 11.8. The van der Waals surface area contributed by atoms with Crippen molar-refractivity contribution in [2.24, 2.45) is 40.9 Å². The molecular formula is C25H42O2. The van der Waals surface area contributed by atoms with E-state index in [1.165, 1.54) is 38.5 Å². The Bertz CT molecular complexity index is 573. The van der Waals surface area contributed by atoms with Gasteiger partial charge >= 0.3 is 0 Å². The number of aliphatic hydroxyl groups excluding tert-OH is 1. The van der Waals surface area contributed by atoms with E-state index in [0.717, 1.165) is 61.2 Å². The van der Waals surface area contributed by atoms with Gasteiger partial charge in [0.1, 0.15) is 0 Å². The lowest BCUT2D eigenvalue weighted by Gasteiger charge is -2.54. The molecule has 0 heterocycles. The molecule has 3 saturated carbocycles. The van der Waals surface area contributed by atoms with Crippen molar-refractivity contribution in [3.05, 3.63) is 11.6 Å². The molecule has 0 saturated heterocycles. The fourth-order valence-corrected chi connectivity index (χ4v) is 8.01. The average molecular weight is 375 g/mol. The summed E-state index contributed by atoms with van der Waals surface area (Å²) in [5.41, 5.74) is 1.59. The van der Waals surface area contributed by atoms with Crippen LogP contribution in [-0.2, 0) is 0 Å². The number of aliphatic hydroxyl groups is 2. The van der Waals surface area contributed by atoms with Gasteiger partial charge in [-0.25, -0.2) is 0 Å². The second-order valence-corrected chi connectivity index (χ2v) is 11.5. The van der Waals surface area contributed by atoms with Crippen LogP contribution in [0.3, 0.4) is 0 Å². The third kappa shape index (κ3) is 3.66. The number of rotatable bonds is 4. The highest BCUT2D eigenvalue weighted by Gasteiger charge is 2.56. The lowest BCUT2D eigenvalue weighted by Crippen LogP contribution is -2.47. The maximum atomic E-state index is 10.2. The molecule has 4 aliphatic carbocycles. The molecule has 2 N–H and O–H groups in total. The molecule has 0 aromatic rings. The normalized spacial score (nSPS) is 45.5. The van der Waals surface area contributed by atoms with Crippen molar-refractivity contribution in [1.29, 1.82) is 0 Å². The van der Waals surface area contributed by atoms with Crippen LogP contribution in [0.4, 0.5) is 0 Å². The van der Waals surface area contributed by atoms with Crippen molar-refractivity contribution >= 4 is 0 Å². The minimum atomic E-state index is -0.527. The van der Waals surface area contributed by atoms with E-state index in [2.05, 4.69) is 19.9 Å². The molecule has 0 aromatic carbocycles. The third-order valence-electron chi connectivity index (χ3n) is 9.39. The molecule has 0 radical (unpaired) electrons. The summed E-state index contributed by atoms with van der Waals surface area (Å²) >= 11 is 0. The van der Waals surface area contributed by atoms with Crippen LogP contribution in [-0.4, -0.2) is 21.9 Å².